The van der Waals surface area contributed by atoms with Crippen molar-refractivity contribution in [1.29, 1.82) is 0 Å². The van der Waals surface area contributed by atoms with Gasteiger partial charge in [0.2, 0.25) is 0 Å². The minimum Gasteiger partial charge on any atom is -0.414 e. The van der Waals surface area contributed by atoms with Crippen molar-refractivity contribution in [3.8, 4) is 0 Å². The van der Waals surface area contributed by atoms with Crippen molar-refractivity contribution in [2.75, 3.05) is 0 Å². The summed E-state index contributed by atoms with van der Waals surface area (Å²) in [5, 5.41) is 0. The van der Waals surface area contributed by atoms with Crippen LogP contribution < -0.4 is 0 Å². The topological polar surface area (TPSA) is 9.23 Å². The van der Waals surface area contributed by atoms with E-state index in [0.29, 0.717) is 6.10 Å². The SMILES string of the molecule is CCC(C)O[Si](CC(C)C)(CC(C)C)CC(C)C. The molecule has 0 N–H and O–H groups in total. The van der Waals surface area contributed by atoms with Crippen LogP contribution in [0.1, 0.15) is 61.8 Å². The lowest BCUT2D eigenvalue weighted by Gasteiger charge is -2.38. The Bertz CT molecular complexity index is 185. The fourth-order valence-corrected chi connectivity index (χ4v) is 9.41. The van der Waals surface area contributed by atoms with Gasteiger partial charge in [-0.1, -0.05) is 48.5 Å². The highest BCUT2D eigenvalue weighted by molar-refractivity contribution is 6.74. The molecule has 0 aromatic rings. The summed E-state index contributed by atoms with van der Waals surface area (Å²) in [6.07, 6.45) is 1.58. The Balaban J connectivity index is 4.97. The lowest BCUT2D eigenvalue weighted by atomic mass is 10.2. The summed E-state index contributed by atoms with van der Waals surface area (Å²) in [5.41, 5.74) is 0. The van der Waals surface area contributed by atoms with E-state index in [9.17, 15) is 0 Å². The Morgan fingerprint density at radius 2 is 1.06 bits per heavy atom. The van der Waals surface area contributed by atoms with E-state index in [2.05, 4.69) is 55.4 Å². The second-order valence-electron chi connectivity index (χ2n) is 7.31. The van der Waals surface area contributed by atoms with Crippen molar-refractivity contribution >= 4 is 8.32 Å². The molecule has 0 aromatic heterocycles. The summed E-state index contributed by atoms with van der Waals surface area (Å²) in [4.78, 5) is 0. The third kappa shape index (κ3) is 7.58. The van der Waals surface area contributed by atoms with Gasteiger partial charge in [-0.05, 0) is 49.2 Å². The standard InChI is InChI=1S/C16H36OSi/c1-9-16(8)17-18(10-13(2)3,11-14(4)5)12-15(6)7/h13-16H,9-12H2,1-8H3. The van der Waals surface area contributed by atoms with Gasteiger partial charge in [0.05, 0.1) is 0 Å². The van der Waals surface area contributed by atoms with E-state index < -0.39 is 8.32 Å². The molecule has 0 amide bonds. The second-order valence-corrected chi connectivity index (χ2v) is 11.1. The average molecular weight is 273 g/mol. The quantitative estimate of drug-likeness (QED) is 0.488. The van der Waals surface area contributed by atoms with Gasteiger partial charge in [0.25, 0.3) is 0 Å². The first-order valence-corrected chi connectivity index (χ1v) is 10.4. The fourth-order valence-electron chi connectivity index (χ4n) is 3.14. The first-order valence-electron chi connectivity index (χ1n) is 7.88. The van der Waals surface area contributed by atoms with Crippen LogP contribution in [0.3, 0.4) is 0 Å². The molecular formula is C16H36OSi. The highest BCUT2D eigenvalue weighted by Crippen LogP contribution is 2.34. The maximum Gasteiger partial charge on any atom is 0.193 e. The zero-order chi connectivity index (χ0) is 14.3. The summed E-state index contributed by atoms with van der Waals surface area (Å²) >= 11 is 0. The summed E-state index contributed by atoms with van der Waals surface area (Å²) < 4.78 is 6.66. The molecule has 0 radical (unpaired) electrons. The minimum atomic E-state index is -1.57. The molecule has 0 rings (SSSR count). The first-order chi connectivity index (χ1) is 8.20. The highest BCUT2D eigenvalue weighted by atomic mass is 28.4. The van der Waals surface area contributed by atoms with Crippen LogP contribution in [-0.4, -0.2) is 14.4 Å². The predicted molar refractivity (Wildman–Crippen MR) is 85.5 cm³/mol. The lowest BCUT2D eigenvalue weighted by Crippen LogP contribution is -2.44. The van der Waals surface area contributed by atoms with Gasteiger partial charge in [0.15, 0.2) is 8.32 Å². The van der Waals surface area contributed by atoms with E-state index in [0.717, 1.165) is 24.2 Å². The van der Waals surface area contributed by atoms with Gasteiger partial charge >= 0.3 is 0 Å². The Morgan fingerprint density at radius 3 is 1.28 bits per heavy atom. The van der Waals surface area contributed by atoms with E-state index in [4.69, 9.17) is 4.43 Å². The van der Waals surface area contributed by atoms with Crippen LogP contribution in [0.15, 0.2) is 0 Å². The lowest BCUT2D eigenvalue weighted by molar-refractivity contribution is 0.193. The van der Waals surface area contributed by atoms with Gasteiger partial charge in [-0.3, -0.25) is 0 Å². The van der Waals surface area contributed by atoms with E-state index in [-0.39, 0.29) is 0 Å². The molecule has 0 saturated heterocycles. The van der Waals surface area contributed by atoms with Crippen molar-refractivity contribution in [2.24, 2.45) is 17.8 Å². The molecule has 2 heteroatoms. The van der Waals surface area contributed by atoms with Crippen molar-refractivity contribution < 1.29 is 4.43 Å². The maximum atomic E-state index is 6.66. The van der Waals surface area contributed by atoms with E-state index in [1.54, 1.807) is 0 Å². The average Bonchev–Trinajstić information content (AvgIpc) is 2.12. The van der Waals surface area contributed by atoms with Crippen molar-refractivity contribution in [3.05, 3.63) is 0 Å². The second kappa shape index (κ2) is 8.37. The van der Waals surface area contributed by atoms with Crippen LogP contribution in [0.2, 0.25) is 18.1 Å². The zero-order valence-electron chi connectivity index (χ0n) is 14.0. The summed E-state index contributed by atoms with van der Waals surface area (Å²) in [7, 11) is -1.57. The molecule has 0 bridgehead atoms. The molecule has 0 aliphatic heterocycles. The van der Waals surface area contributed by atoms with Gasteiger partial charge < -0.3 is 4.43 Å². The Labute approximate surface area is 117 Å². The zero-order valence-corrected chi connectivity index (χ0v) is 15.0. The van der Waals surface area contributed by atoms with Crippen LogP contribution >= 0.6 is 0 Å². The molecule has 110 valence electrons. The Kier molecular flexibility index (Phi) is 8.45. The molecular weight excluding hydrogens is 236 g/mol. The van der Waals surface area contributed by atoms with E-state index in [1.807, 2.05) is 0 Å². The molecule has 0 heterocycles. The van der Waals surface area contributed by atoms with Gasteiger partial charge in [-0.2, -0.15) is 0 Å². The molecule has 0 aromatic carbocycles. The highest BCUT2D eigenvalue weighted by Gasteiger charge is 2.38. The summed E-state index contributed by atoms with van der Waals surface area (Å²) in [6, 6.07) is 3.98. The summed E-state index contributed by atoms with van der Waals surface area (Å²) in [5.74, 6) is 2.29. The number of hydrogen-bond acceptors (Lipinski definition) is 1. The first kappa shape index (κ1) is 18.2. The Hall–Kier alpha value is 0.177. The van der Waals surface area contributed by atoms with Crippen LogP contribution in [-0.2, 0) is 4.43 Å². The van der Waals surface area contributed by atoms with Crippen LogP contribution in [0.25, 0.3) is 0 Å². The van der Waals surface area contributed by atoms with Crippen molar-refractivity contribution in [3.63, 3.8) is 0 Å². The molecule has 0 aliphatic carbocycles. The number of hydrogen-bond donors (Lipinski definition) is 0. The molecule has 1 unspecified atom stereocenters. The largest absolute Gasteiger partial charge is 0.414 e. The molecule has 1 atom stereocenters. The Morgan fingerprint density at radius 1 is 0.722 bits per heavy atom. The third-order valence-corrected chi connectivity index (χ3v) is 8.95. The molecule has 0 saturated carbocycles. The molecule has 0 fully saturated rings. The van der Waals surface area contributed by atoms with Gasteiger partial charge in [-0.25, -0.2) is 0 Å². The van der Waals surface area contributed by atoms with E-state index >= 15 is 0 Å². The van der Waals surface area contributed by atoms with Gasteiger partial charge in [0.1, 0.15) is 0 Å². The molecule has 0 spiro atoms. The smallest absolute Gasteiger partial charge is 0.193 e. The minimum absolute atomic E-state index is 0.438. The normalized spacial score (nSPS) is 14.8. The molecule has 18 heavy (non-hydrogen) atoms. The van der Waals surface area contributed by atoms with Crippen LogP contribution in [0.4, 0.5) is 0 Å². The van der Waals surface area contributed by atoms with Crippen molar-refractivity contribution in [1.82, 2.24) is 0 Å². The third-order valence-electron chi connectivity index (χ3n) is 3.37. The fraction of sp³-hybridized carbons (Fsp3) is 1.00. The van der Waals surface area contributed by atoms with Gasteiger partial charge in [-0.15, -0.1) is 0 Å². The van der Waals surface area contributed by atoms with Gasteiger partial charge in [0, 0.05) is 6.10 Å². The molecule has 0 aliphatic rings. The monoisotopic (exact) mass is 272 g/mol. The summed E-state index contributed by atoms with van der Waals surface area (Å²) in [6.45, 7) is 18.6. The van der Waals surface area contributed by atoms with Crippen molar-refractivity contribution in [2.45, 2.75) is 86.0 Å². The van der Waals surface area contributed by atoms with Crippen LogP contribution in [0.5, 0.6) is 0 Å². The predicted octanol–water partition coefficient (Wildman–Crippen LogP) is 5.72. The number of rotatable bonds is 9. The van der Waals surface area contributed by atoms with E-state index in [1.165, 1.54) is 18.1 Å². The maximum absolute atomic E-state index is 6.66. The van der Waals surface area contributed by atoms with Crippen LogP contribution in [0, 0.1) is 17.8 Å². The molecule has 1 nitrogen and oxygen atoms in total.